The Kier molecular flexibility index (Phi) is 6.49. The summed E-state index contributed by atoms with van der Waals surface area (Å²) in [5.74, 6) is 0.0381. The van der Waals surface area contributed by atoms with Crippen LogP contribution in [0.1, 0.15) is 59.6 Å². The van der Waals surface area contributed by atoms with Crippen molar-refractivity contribution in [3.8, 4) is 0 Å². The number of amides is 1. The van der Waals surface area contributed by atoms with E-state index in [1.54, 1.807) is 11.3 Å². The molecule has 3 N–H and O–H groups in total. The van der Waals surface area contributed by atoms with E-state index in [-0.39, 0.29) is 23.9 Å². The standard InChI is InChI=1S/C15H24N2OS.ClH/c1-3-15(16,4-2)10-17-14(18)13-9-11-7-5-6-8-12(11)19-13;/h9H,3-8,10,16H2,1-2H3,(H,17,18);1H. The van der Waals surface area contributed by atoms with Crippen molar-refractivity contribution in [1.29, 1.82) is 0 Å². The second kappa shape index (κ2) is 7.43. The quantitative estimate of drug-likeness (QED) is 0.875. The summed E-state index contributed by atoms with van der Waals surface area (Å²) < 4.78 is 0. The fourth-order valence-corrected chi connectivity index (χ4v) is 3.62. The number of rotatable bonds is 5. The topological polar surface area (TPSA) is 55.1 Å². The highest BCUT2D eigenvalue weighted by atomic mass is 35.5. The van der Waals surface area contributed by atoms with Crippen LogP contribution in [0.2, 0.25) is 0 Å². The Morgan fingerprint density at radius 1 is 1.35 bits per heavy atom. The van der Waals surface area contributed by atoms with E-state index >= 15 is 0 Å². The number of nitrogens with two attached hydrogens (primary N) is 1. The summed E-state index contributed by atoms with van der Waals surface area (Å²) in [5, 5.41) is 3.00. The van der Waals surface area contributed by atoms with Gasteiger partial charge in [-0.2, -0.15) is 0 Å². The highest BCUT2D eigenvalue weighted by molar-refractivity contribution is 7.14. The van der Waals surface area contributed by atoms with Crippen LogP contribution >= 0.6 is 23.7 Å². The van der Waals surface area contributed by atoms with Gasteiger partial charge in [0.05, 0.1) is 4.88 Å². The first-order chi connectivity index (χ1) is 9.08. The summed E-state index contributed by atoms with van der Waals surface area (Å²) in [6.45, 7) is 4.69. The number of carbonyl (C=O) groups excluding carboxylic acids is 1. The van der Waals surface area contributed by atoms with Crippen molar-refractivity contribution < 1.29 is 4.79 Å². The van der Waals surface area contributed by atoms with Gasteiger partial charge in [-0.1, -0.05) is 13.8 Å². The van der Waals surface area contributed by atoms with Crippen molar-refractivity contribution in [3.05, 3.63) is 21.4 Å². The third-order valence-corrected chi connectivity index (χ3v) is 5.47. The van der Waals surface area contributed by atoms with E-state index in [2.05, 4.69) is 25.2 Å². The molecule has 1 amide bonds. The number of aryl methyl sites for hydroxylation is 2. The molecule has 0 aromatic carbocycles. The Morgan fingerprint density at radius 2 is 2.00 bits per heavy atom. The minimum absolute atomic E-state index is 0. The van der Waals surface area contributed by atoms with E-state index in [4.69, 9.17) is 5.73 Å². The lowest BCUT2D eigenvalue weighted by Crippen LogP contribution is -2.49. The molecule has 0 unspecified atom stereocenters. The first kappa shape index (κ1) is 17.5. The molecule has 1 aromatic heterocycles. The third-order valence-electron chi connectivity index (χ3n) is 4.23. The molecule has 0 aliphatic heterocycles. The molecule has 1 heterocycles. The average molecular weight is 317 g/mol. The van der Waals surface area contributed by atoms with Gasteiger partial charge in [-0.3, -0.25) is 4.79 Å². The lowest BCUT2D eigenvalue weighted by molar-refractivity contribution is 0.0946. The number of halogens is 1. The van der Waals surface area contributed by atoms with E-state index in [9.17, 15) is 4.79 Å². The van der Waals surface area contributed by atoms with Crippen LogP contribution in [0.15, 0.2) is 6.07 Å². The fraction of sp³-hybridized carbons (Fsp3) is 0.667. The van der Waals surface area contributed by atoms with Crippen LogP contribution < -0.4 is 11.1 Å². The van der Waals surface area contributed by atoms with Gasteiger partial charge in [0.25, 0.3) is 5.91 Å². The maximum absolute atomic E-state index is 12.2. The Hall–Kier alpha value is -0.580. The number of nitrogens with one attached hydrogen (secondary N) is 1. The summed E-state index contributed by atoms with van der Waals surface area (Å²) in [6.07, 6.45) is 6.53. The van der Waals surface area contributed by atoms with Gasteiger partial charge in [-0.15, -0.1) is 23.7 Å². The van der Waals surface area contributed by atoms with Gasteiger partial charge in [0.15, 0.2) is 0 Å². The van der Waals surface area contributed by atoms with E-state index in [1.807, 2.05) is 0 Å². The second-order valence-corrected chi connectivity index (χ2v) is 6.66. The zero-order chi connectivity index (χ0) is 13.9. The molecule has 0 spiro atoms. The Bertz CT molecular complexity index is 431. The first-order valence-corrected chi connectivity index (χ1v) is 8.08. The number of thiophene rings is 1. The van der Waals surface area contributed by atoms with Gasteiger partial charge >= 0.3 is 0 Å². The van der Waals surface area contributed by atoms with Crippen LogP contribution in [0.5, 0.6) is 0 Å². The molecule has 0 saturated heterocycles. The normalized spacial score (nSPS) is 14.3. The molecule has 2 rings (SSSR count). The largest absolute Gasteiger partial charge is 0.349 e. The zero-order valence-electron chi connectivity index (χ0n) is 12.3. The van der Waals surface area contributed by atoms with Crippen LogP contribution in [0, 0.1) is 0 Å². The van der Waals surface area contributed by atoms with Gasteiger partial charge in [-0.05, 0) is 50.2 Å². The molecule has 0 saturated carbocycles. The molecule has 20 heavy (non-hydrogen) atoms. The number of carbonyl (C=O) groups is 1. The van der Waals surface area contributed by atoms with Crippen molar-refractivity contribution in [2.24, 2.45) is 5.73 Å². The molecular formula is C15H25ClN2OS. The zero-order valence-corrected chi connectivity index (χ0v) is 14.0. The number of hydrogen-bond acceptors (Lipinski definition) is 3. The second-order valence-electron chi connectivity index (χ2n) is 5.52. The summed E-state index contributed by atoms with van der Waals surface area (Å²) >= 11 is 1.66. The first-order valence-electron chi connectivity index (χ1n) is 7.26. The van der Waals surface area contributed by atoms with E-state index in [0.29, 0.717) is 6.54 Å². The van der Waals surface area contributed by atoms with E-state index < -0.39 is 0 Å². The highest BCUT2D eigenvalue weighted by Gasteiger charge is 2.22. The van der Waals surface area contributed by atoms with Gasteiger partial charge in [0.2, 0.25) is 0 Å². The lowest BCUT2D eigenvalue weighted by atomic mass is 9.94. The number of fused-ring (bicyclic) bond motifs is 1. The predicted molar refractivity (Wildman–Crippen MR) is 88.0 cm³/mol. The van der Waals surface area contributed by atoms with Gasteiger partial charge in [0.1, 0.15) is 0 Å². The lowest BCUT2D eigenvalue weighted by Gasteiger charge is -2.26. The number of hydrogen-bond donors (Lipinski definition) is 2. The van der Waals surface area contributed by atoms with Crippen molar-refractivity contribution in [1.82, 2.24) is 5.32 Å². The summed E-state index contributed by atoms with van der Waals surface area (Å²) in [4.78, 5) is 14.4. The smallest absolute Gasteiger partial charge is 0.261 e. The molecule has 3 nitrogen and oxygen atoms in total. The van der Waals surface area contributed by atoms with Crippen LogP contribution in [0.25, 0.3) is 0 Å². The average Bonchev–Trinajstić information content (AvgIpc) is 2.88. The van der Waals surface area contributed by atoms with Crippen molar-refractivity contribution in [3.63, 3.8) is 0 Å². The summed E-state index contributed by atoms with van der Waals surface area (Å²) in [5.41, 5.74) is 7.32. The molecule has 0 fully saturated rings. The van der Waals surface area contributed by atoms with Crippen LogP contribution in [-0.4, -0.2) is 18.0 Å². The Balaban J connectivity index is 0.00000200. The molecule has 1 aromatic rings. The Labute approximate surface area is 131 Å². The predicted octanol–water partition coefficient (Wildman–Crippen LogP) is 3.30. The summed E-state index contributed by atoms with van der Waals surface area (Å²) in [6, 6.07) is 2.07. The van der Waals surface area contributed by atoms with Crippen molar-refractivity contribution >= 4 is 29.7 Å². The van der Waals surface area contributed by atoms with Crippen LogP contribution in [0.3, 0.4) is 0 Å². The highest BCUT2D eigenvalue weighted by Crippen LogP contribution is 2.29. The molecular weight excluding hydrogens is 292 g/mol. The molecule has 1 aliphatic carbocycles. The van der Waals surface area contributed by atoms with Crippen molar-refractivity contribution in [2.45, 2.75) is 57.9 Å². The molecule has 5 heteroatoms. The van der Waals surface area contributed by atoms with Gasteiger partial charge in [0, 0.05) is 17.0 Å². The maximum atomic E-state index is 12.2. The fourth-order valence-electron chi connectivity index (χ4n) is 2.45. The van der Waals surface area contributed by atoms with E-state index in [1.165, 1.54) is 23.3 Å². The summed E-state index contributed by atoms with van der Waals surface area (Å²) in [7, 11) is 0. The Morgan fingerprint density at radius 3 is 2.60 bits per heavy atom. The molecule has 114 valence electrons. The SMILES string of the molecule is CCC(N)(CC)CNC(=O)c1cc2c(s1)CCCC2.Cl. The van der Waals surface area contributed by atoms with Crippen LogP contribution in [-0.2, 0) is 12.8 Å². The minimum Gasteiger partial charge on any atom is -0.349 e. The molecule has 0 radical (unpaired) electrons. The van der Waals surface area contributed by atoms with Crippen LogP contribution in [0.4, 0.5) is 0 Å². The van der Waals surface area contributed by atoms with Gasteiger partial charge < -0.3 is 11.1 Å². The van der Waals surface area contributed by atoms with E-state index in [0.717, 1.165) is 30.6 Å². The monoisotopic (exact) mass is 316 g/mol. The third kappa shape index (κ3) is 3.96. The molecule has 1 aliphatic rings. The minimum atomic E-state index is -0.271. The maximum Gasteiger partial charge on any atom is 0.261 e. The van der Waals surface area contributed by atoms with Crippen molar-refractivity contribution in [2.75, 3.05) is 6.54 Å². The van der Waals surface area contributed by atoms with Gasteiger partial charge in [-0.25, -0.2) is 0 Å². The molecule has 0 bridgehead atoms. The molecule has 0 atom stereocenters.